The first-order valence-corrected chi connectivity index (χ1v) is 5.64. The second kappa shape index (κ2) is 5.16. The molecule has 0 unspecified atom stereocenters. The van der Waals surface area contributed by atoms with Gasteiger partial charge in [0.25, 0.3) is 0 Å². The van der Waals surface area contributed by atoms with Gasteiger partial charge in [-0.3, -0.25) is 19.3 Å². The Morgan fingerprint density at radius 3 is 2.06 bits per heavy atom. The number of rotatable bonds is 4. The first-order chi connectivity index (χ1) is 8.25. The lowest BCUT2D eigenvalue weighted by Gasteiger charge is -2.18. The molecule has 1 rings (SSSR count). The van der Waals surface area contributed by atoms with E-state index in [0.717, 1.165) is 4.90 Å². The molecule has 0 aromatic rings. The van der Waals surface area contributed by atoms with Crippen molar-refractivity contribution in [3.63, 3.8) is 0 Å². The van der Waals surface area contributed by atoms with Crippen LogP contribution in [-0.2, 0) is 19.1 Å². The van der Waals surface area contributed by atoms with Gasteiger partial charge in [-0.2, -0.15) is 0 Å². The van der Waals surface area contributed by atoms with E-state index >= 15 is 0 Å². The summed E-state index contributed by atoms with van der Waals surface area (Å²) in [6.45, 7) is 5.98. The summed E-state index contributed by atoms with van der Waals surface area (Å²) in [6.07, 6.45) is -0.345. The number of carbonyl (C=O) groups excluding carboxylic acids is 4. The lowest BCUT2D eigenvalue weighted by atomic mass is 10.3. The SMILES string of the molecule is CC(C)OC(=O)CN1C(=O)C(=O)N(C(C)C)C1=O. The predicted molar refractivity (Wildman–Crippen MR) is 60.3 cm³/mol. The van der Waals surface area contributed by atoms with Crippen LogP contribution in [0, 0.1) is 0 Å². The van der Waals surface area contributed by atoms with Crippen molar-refractivity contribution in [3.05, 3.63) is 0 Å². The van der Waals surface area contributed by atoms with E-state index in [0.29, 0.717) is 4.90 Å². The van der Waals surface area contributed by atoms with Crippen molar-refractivity contribution in [3.8, 4) is 0 Å². The average molecular weight is 256 g/mol. The summed E-state index contributed by atoms with van der Waals surface area (Å²) in [5, 5.41) is 0. The summed E-state index contributed by atoms with van der Waals surface area (Å²) < 4.78 is 4.82. The van der Waals surface area contributed by atoms with Crippen molar-refractivity contribution >= 4 is 23.8 Å². The van der Waals surface area contributed by atoms with Gasteiger partial charge in [-0.25, -0.2) is 9.69 Å². The summed E-state index contributed by atoms with van der Waals surface area (Å²) in [5.41, 5.74) is 0. The van der Waals surface area contributed by atoms with E-state index in [9.17, 15) is 19.2 Å². The molecule has 0 aromatic carbocycles. The Bertz CT molecular complexity index is 402. The third-order valence-electron chi connectivity index (χ3n) is 2.25. The molecule has 0 radical (unpaired) electrons. The first-order valence-electron chi connectivity index (χ1n) is 5.64. The van der Waals surface area contributed by atoms with Gasteiger partial charge in [-0.15, -0.1) is 0 Å². The van der Waals surface area contributed by atoms with Crippen LogP contribution in [0.2, 0.25) is 0 Å². The van der Waals surface area contributed by atoms with Gasteiger partial charge in [0.15, 0.2) is 0 Å². The molecule has 1 aliphatic rings. The molecule has 0 N–H and O–H groups in total. The molecule has 1 saturated heterocycles. The van der Waals surface area contributed by atoms with Gasteiger partial charge in [0.1, 0.15) is 6.54 Å². The number of imide groups is 2. The molecule has 0 spiro atoms. The summed E-state index contributed by atoms with van der Waals surface area (Å²) in [4.78, 5) is 47.7. The maximum atomic E-state index is 11.8. The van der Waals surface area contributed by atoms with Crippen molar-refractivity contribution in [2.24, 2.45) is 0 Å². The van der Waals surface area contributed by atoms with Crippen molar-refractivity contribution < 1.29 is 23.9 Å². The molecule has 18 heavy (non-hydrogen) atoms. The summed E-state index contributed by atoms with van der Waals surface area (Å²) in [7, 11) is 0. The Kier molecular flexibility index (Phi) is 4.05. The molecule has 0 bridgehead atoms. The number of carbonyl (C=O) groups is 4. The zero-order valence-corrected chi connectivity index (χ0v) is 10.8. The van der Waals surface area contributed by atoms with Crippen LogP contribution in [-0.4, -0.2) is 52.3 Å². The number of ether oxygens (including phenoxy) is 1. The lowest BCUT2D eigenvalue weighted by molar-refractivity contribution is -0.151. The van der Waals surface area contributed by atoms with E-state index in [4.69, 9.17) is 4.74 Å². The summed E-state index contributed by atoms with van der Waals surface area (Å²) in [5.74, 6) is -2.62. The molecule has 4 amide bonds. The summed E-state index contributed by atoms with van der Waals surface area (Å²) >= 11 is 0. The van der Waals surface area contributed by atoms with E-state index in [1.54, 1.807) is 27.7 Å². The highest BCUT2D eigenvalue weighted by Crippen LogP contribution is 2.15. The zero-order chi connectivity index (χ0) is 14.0. The van der Waals surface area contributed by atoms with E-state index in [1.807, 2.05) is 0 Å². The maximum Gasteiger partial charge on any atom is 0.335 e. The minimum atomic E-state index is -0.991. The number of urea groups is 1. The highest BCUT2D eigenvalue weighted by Gasteiger charge is 2.46. The highest BCUT2D eigenvalue weighted by atomic mass is 16.5. The molecular formula is C11H16N2O5. The Morgan fingerprint density at radius 2 is 1.67 bits per heavy atom. The summed E-state index contributed by atoms with van der Waals surface area (Å²) in [6, 6.07) is -1.21. The largest absolute Gasteiger partial charge is 0.462 e. The van der Waals surface area contributed by atoms with Gasteiger partial charge in [-0.05, 0) is 27.7 Å². The second-order valence-electron chi connectivity index (χ2n) is 4.48. The third-order valence-corrected chi connectivity index (χ3v) is 2.25. The topological polar surface area (TPSA) is 84.0 Å². The molecule has 7 heteroatoms. The Morgan fingerprint density at radius 1 is 1.11 bits per heavy atom. The number of amides is 4. The van der Waals surface area contributed by atoms with E-state index < -0.39 is 36.4 Å². The first kappa shape index (κ1) is 14.1. The van der Waals surface area contributed by atoms with Gasteiger partial charge in [0, 0.05) is 6.04 Å². The number of hydrogen-bond donors (Lipinski definition) is 0. The molecule has 7 nitrogen and oxygen atoms in total. The average Bonchev–Trinajstić information content (AvgIpc) is 2.41. The minimum absolute atomic E-state index is 0.345. The van der Waals surface area contributed by atoms with Crippen molar-refractivity contribution in [1.82, 2.24) is 9.80 Å². The van der Waals surface area contributed by atoms with Gasteiger partial charge in [-0.1, -0.05) is 0 Å². The molecule has 0 aliphatic carbocycles. The number of esters is 1. The Labute approximate surface area is 105 Å². The van der Waals surface area contributed by atoms with Crippen LogP contribution in [0.25, 0.3) is 0 Å². The molecule has 0 atom stereocenters. The van der Waals surface area contributed by atoms with Crippen LogP contribution < -0.4 is 0 Å². The number of hydrogen-bond acceptors (Lipinski definition) is 5. The van der Waals surface area contributed by atoms with Gasteiger partial charge >= 0.3 is 23.8 Å². The normalized spacial score (nSPS) is 16.2. The minimum Gasteiger partial charge on any atom is -0.462 e. The maximum absolute atomic E-state index is 11.8. The van der Waals surface area contributed by atoms with Gasteiger partial charge in [0.2, 0.25) is 0 Å². The smallest absolute Gasteiger partial charge is 0.335 e. The monoisotopic (exact) mass is 256 g/mol. The lowest BCUT2D eigenvalue weighted by Crippen LogP contribution is -2.40. The molecule has 1 fully saturated rings. The van der Waals surface area contributed by atoms with Crippen LogP contribution in [0.4, 0.5) is 4.79 Å². The fourth-order valence-corrected chi connectivity index (χ4v) is 1.55. The molecule has 0 aromatic heterocycles. The number of nitrogens with zero attached hydrogens (tertiary/aromatic N) is 2. The van der Waals surface area contributed by atoms with Gasteiger partial charge in [0.05, 0.1) is 6.10 Å². The third kappa shape index (κ3) is 2.66. The predicted octanol–water partition coefficient (Wildman–Crippen LogP) is 0.137. The van der Waals surface area contributed by atoms with Crippen LogP contribution in [0.3, 0.4) is 0 Å². The van der Waals surface area contributed by atoms with Crippen molar-refractivity contribution in [2.45, 2.75) is 39.8 Å². The van der Waals surface area contributed by atoms with E-state index in [2.05, 4.69) is 0 Å². The molecule has 100 valence electrons. The van der Waals surface area contributed by atoms with Crippen LogP contribution in [0.1, 0.15) is 27.7 Å². The highest BCUT2D eigenvalue weighted by molar-refractivity contribution is 6.45. The second-order valence-corrected chi connectivity index (χ2v) is 4.48. The standard InChI is InChI=1S/C11H16N2O5/c1-6(2)13-10(16)9(15)12(11(13)17)5-8(14)18-7(3)4/h6-7H,5H2,1-4H3. The van der Waals surface area contributed by atoms with Gasteiger partial charge < -0.3 is 4.74 Å². The molecule has 1 heterocycles. The Balaban J connectivity index is 2.79. The fraction of sp³-hybridized carbons (Fsp3) is 0.636. The molecule has 1 aliphatic heterocycles. The van der Waals surface area contributed by atoms with E-state index in [1.165, 1.54) is 0 Å². The van der Waals surface area contributed by atoms with Crippen LogP contribution in [0.5, 0.6) is 0 Å². The fourth-order valence-electron chi connectivity index (χ4n) is 1.55. The molecular weight excluding hydrogens is 240 g/mol. The Hall–Kier alpha value is -1.92. The van der Waals surface area contributed by atoms with Crippen LogP contribution in [0.15, 0.2) is 0 Å². The van der Waals surface area contributed by atoms with Crippen LogP contribution >= 0.6 is 0 Å². The van der Waals surface area contributed by atoms with Crippen molar-refractivity contribution in [2.75, 3.05) is 6.54 Å². The quantitative estimate of drug-likeness (QED) is 0.406. The molecule has 0 saturated carbocycles. The van der Waals surface area contributed by atoms with Crippen molar-refractivity contribution in [1.29, 1.82) is 0 Å². The van der Waals surface area contributed by atoms with E-state index in [-0.39, 0.29) is 6.10 Å². The zero-order valence-electron chi connectivity index (χ0n) is 10.8.